The Morgan fingerprint density at radius 1 is 1.65 bits per heavy atom. The van der Waals surface area contributed by atoms with E-state index in [1.165, 1.54) is 22.7 Å². The number of carbonyl (C=O) groups is 3. The molecule has 1 unspecified atom stereocenters. The van der Waals surface area contributed by atoms with E-state index in [2.05, 4.69) is 5.32 Å². The largest absolute Gasteiger partial charge is 0.477 e. The lowest BCUT2D eigenvalue weighted by atomic mass is 10.1. The quantitative estimate of drug-likeness (QED) is 0.458. The smallest absolute Gasteiger partial charge is 0.352 e. The molecule has 2 heterocycles. The third-order valence-corrected chi connectivity index (χ3v) is 3.65. The van der Waals surface area contributed by atoms with E-state index in [1.807, 2.05) is 0 Å². The van der Waals surface area contributed by atoms with Gasteiger partial charge in [-0.2, -0.15) is 0 Å². The van der Waals surface area contributed by atoms with Gasteiger partial charge in [0.25, 0.3) is 5.91 Å². The molecule has 2 aliphatic heterocycles. The van der Waals surface area contributed by atoms with Crippen LogP contribution in [-0.4, -0.2) is 44.8 Å². The topological polar surface area (TPSA) is 111 Å². The van der Waals surface area contributed by atoms with Crippen molar-refractivity contribution in [3.8, 4) is 0 Å². The van der Waals surface area contributed by atoms with Crippen LogP contribution in [0, 0.1) is 5.41 Å². The molecular formula is C9H9N3O4S. The van der Waals surface area contributed by atoms with E-state index >= 15 is 0 Å². The van der Waals surface area contributed by atoms with E-state index in [4.69, 9.17) is 10.5 Å². The van der Waals surface area contributed by atoms with Crippen molar-refractivity contribution in [1.29, 1.82) is 5.41 Å². The number of carbonyl (C=O) groups excluding carboxylic acids is 2. The van der Waals surface area contributed by atoms with Crippen molar-refractivity contribution in [2.75, 3.05) is 0 Å². The van der Waals surface area contributed by atoms with Crippen LogP contribution >= 0.6 is 11.8 Å². The summed E-state index contributed by atoms with van der Waals surface area (Å²) in [6.07, 6.45) is 2.20. The van der Waals surface area contributed by atoms with Gasteiger partial charge in [-0.15, -0.1) is 11.8 Å². The Morgan fingerprint density at radius 3 is 2.88 bits per heavy atom. The first-order valence-corrected chi connectivity index (χ1v) is 5.71. The molecule has 2 atom stereocenters. The van der Waals surface area contributed by atoms with Crippen LogP contribution in [0.3, 0.4) is 0 Å². The number of carboxylic acids is 1. The van der Waals surface area contributed by atoms with Crippen molar-refractivity contribution in [3.63, 3.8) is 0 Å². The maximum absolute atomic E-state index is 11.2. The van der Waals surface area contributed by atoms with Crippen LogP contribution in [0.2, 0.25) is 0 Å². The summed E-state index contributed by atoms with van der Waals surface area (Å²) in [4.78, 5) is 34.4. The summed E-state index contributed by atoms with van der Waals surface area (Å²) >= 11 is 1.28. The van der Waals surface area contributed by atoms with Crippen LogP contribution in [0.15, 0.2) is 11.8 Å². The summed E-state index contributed by atoms with van der Waals surface area (Å²) in [5, 5.41) is 17.4. The molecule has 0 radical (unpaired) electrons. The standard InChI is InChI=1S/C9H9N3O4S/c10-3-5(13)11-6-1-4(9(15)16)12-7(14)2-8(12)17-6/h1,3,6,8,10H,2H2,(H,11,13)(H,15,16)/t6?,8-/m1/s1. The molecule has 0 aromatic carbocycles. The number of β-lactam (4-membered cyclic amide) rings is 1. The van der Waals surface area contributed by atoms with Crippen LogP contribution in [0.25, 0.3) is 0 Å². The molecule has 2 rings (SSSR count). The number of rotatable bonds is 3. The van der Waals surface area contributed by atoms with Gasteiger partial charge in [-0.3, -0.25) is 14.5 Å². The van der Waals surface area contributed by atoms with Gasteiger partial charge in [0.05, 0.1) is 23.4 Å². The molecule has 90 valence electrons. The van der Waals surface area contributed by atoms with Gasteiger partial charge in [-0.25, -0.2) is 4.79 Å². The highest BCUT2D eigenvalue weighted by molar-refractivity contribution is 8.00. The van der Waals surface area contributed by atoms with E-state index in [0.717, 1.165) is 0 Å². The van der Waals surface area contributed by atoms with E-state index in [0.29, 0.717) is 6.21 Å². The minimum absolute atomic E-state index is 0.111. The molecule has 2 amide bonds. The molecule has 0 aromatic heterocycles. The highest BCUT2D eigenvalue weighted by Crippen LogP contribution is 2.39. The van der Waals surface area contributed by atoms with Crippen molar-refractivity contribution in [2.45, 2.75) is 17.2 Å². The zero-order valence-corrected chi connectivity index (χ0v) is 9.36. The Morgan fingerprint density at radius 2 is 2.35 bits per heavy atom. The van der Waals surface area contributed by atoms with E-state index < -0.39 is 17.3 Å². The number of hydrogen-bond donors (Lipinski definition) is 3. The van der Waals surface area contributed by atoms with Gasteiger partial charge in [0.15, 0.2) is 0 Å². The Balaban J connectivity index is 2.19. The third-order valence-electron chi connectivity index (χ3n) is 2.41. The van der Waals surface area contributed by atoms with Gasteiger partial charge in [-0.05, 0) is 6.08 Å². The lowest BCUT2D eigenvalue weighted by Crippen LogP contribution is -2.55. The zero-order chi connectivity index (χ0) is 12.6. The van der Waals surface area contributed by atoms with Crippen LogP contribution in [0.4, 0.5) is 0 Å². The molecule has 0 aromatic rings. The fourth-order valence-electron chi connectivity index (χ4n) is 1.65. The van der Waals surface area contributed by atoms with Gasteiger partial charge in [0.1, 0.15) is 5.70 Å². The average Bonchev–Trinajstić information content (AvgIpc) is 2.26. The summed E-state index contributed by atoms with van der Waals surface area (Å²) in [5.74, 6) is -2.02. The lowest BCUT2D eigenvalue weighted by molar-refractivity contribution is -0.146. The van der Waals surface area contributed by atoms with Crippen molar-refractivity contribution < 1.29 is 19.5 Å². The average molecular weight is 255 g/mol. The first-order valence-electron chi connectivity index (χ1n) is 4.76. The summed E-state index contributed by atoms with van der Waals surface area (Å²) in [6, 6.07) is 0. The maximum Gasteiger partial charge on any atom is 0.352 e. The highest BCUT2D eigenvalue weighted by atomic mass is 32.2. The number of carboxylic acid groups (broad SMARTS) is 1. The minimum atomic E-state index is -1.20. The number of fused-ring (bicyclic) bond motifs is 1. The van der Waals surface area contributed by atoms with Crippen LogP contribution in [-0.2, 0) is 14.4 Å². The van der Waals surface area contributed by atoms with E-state index in [1.54, 1.807) is 0 Å². The summed E-state index contributed by atoms with van der Waals surface area (Å²) in [6.45, 7) is 0. The number of amides is 2. The SMILES string of the molecule is N=CC(=O)NC1C=C(C(=O)O)N2C(=O)C[C@H]2S1. The van der Waals surface area contributed by atoms with Gasteiger partial charge in [-0.1, -0.05) is 0 Å². The lowest BCUT2D eigenvalue weighted by Gasteiger charge is -2.44. The summed E-state index contributed by atoms with van der Waals surface area (Å²) in [7, 11) is 0. The second-order valence-electron chi connectivity index (χ2n) is 3.49. The van der Waals surface area contributed by atoms with Gasteiger partial charge < -0.3 is 15.8 Å². The summed E-state index contributed by atoms with van der Waals surface area (Å²) < 4.78 is 0. The third kappa shape index (κ3) is 2.03. The summed E-state index contributed by atoms with van der Waals surface area (Å²) in [5.41, 5.74) is -0.111. The second kappa shape index (κ2) is 4.21. The molecule has 0 bridgehead atoms. The number of nitrogens with one attached hydrogen (secondary N) is 2. The fourth-order valence-corrected chi connectivity index (χ4v) is 2.97. The highest BCUT2D eigenvalue weighted by Gasteiger charge is 2.45. The number of thioether (sulfide) groups is 1. The van der Waals surface area contributed by atoms with Crippen molar-refractivity contribution >= 4 is 35.8 Å². The number of nitrogens with zero attached hydrogens (tertiary/aromatic N) is 1. The predicted molar refractivity (Wildman–Crippen MR) is 59.3 cm³/mol. The van der Waals surface area contributed by atoms with Crippen molar-refractivity contribution in [3.05, 3.63) is 11.8 Å². The molecule has 1 saturated heterocycles. The van der Waals surface area contributed by atoms with Crippen molar-refractivity contribution in [1.82, 2.24) is 10.2 Å². The predicted octanol–water partition coefficient (Wildman–Crippen LogP) is -0.648. The maximum atomic E-state index is 11.2. The number of hydrogen-bond acceptors (Lipinski definition) is 5. The molecule has 0 spiro atoms. The van der Waals surface area contributed by atoms with Gasteiger partial charge in [0.2, 0.25) is 5.91 Å². The second-order valence-corrected chi connectivity index (χ2v) is 4.81. The molecule has 17 heavy (non-hydrogen) atoms. The molecule has 0 saturated carbocycles. The molecule has 8 heteroatoms. The number of aliphatic carboxylic acids is 1. The first-order chi connectivity index (χ1) is 8.02. The molecule has 2 aliphatic rings. The van der Waals surface area contributed by atoms with Gasteiger partial charge >= 0.3 is 5.97 Å². The van der Waals surface area contributed by atoms with Crippen molar-refractivity contribution in [2.24, 2.45) is 0 Å². The Kier molecular flexibility index (Phi) is 2.88. The monoisotopic (exact) mass is 255 g/mol. The van der Waals surface area contributed by atoms with Crippen LogP contribution in [0.5, 0.6) is 0 Å². The zero-order valence-electron chi connectivity index (χ0n) is 8.54. The Bertz CT molecular complexity index is 448. The van der Waals surface area contributed by atoms with Crippen LogP contribution in [0.1, 0.15) is 6.42 Å². The Hall–Kier alpha value is -1.83. The van der Waals surface area contributed by atoms with E-state index in [9.17, 15) is 14.4 Å². The Labute approximate surface area is 100 Å². The first kappa shape index (κ1) is 11.6. The fraction of sp³-hybridized carbons (Fsp3) is 0.333. The minimum Gasteiger partial charge on any atom is -0.477 e. The van der Waals surface area contributed by atoms with Crippen LogP contribution < -0.4 is 5.32 Å². The molecular weight excluding hydrogens is 246 g/mol. The molecule has 0 aliphatic carbocycles. The molecule has 7 nitrogen and oxygen atoms in total. The van der Waals surface area contributed by atoms with E-state index in [-0.39, 0.29) is 23.4 Å². The molecule has 3 N–H and O–H groups in total. The van der Waals surface area contributed by atoms with Gasteiger partial charge in [0, 0.05) is 0 Å². The molecule has 1 fully saturated rings. The normalized spacial score (nSPS) is 26.5.